The Kier molecular flexibility index (Phi) is 3.13. The van der Waals surface area contributed by atoms with Crippen LogP contribution in [-0.4, -0.2) is 18.2 Å². The van der Waals surface area contributed by atoms with E-state index in [1.54, 1.807) is 6.07 Å². The molecule has 16 heavy (non-hydrogen) atoms. The van der Waals surface area contributed by atoms with Crippen LogP contribution in [0, 0.1) is 0 Å². The van der Waals surface area contributed by atoms with Crippen LogP contribution >= 0.6 is 0 Å². The highest BCUT2D eigenvalue weighted by molar-refractivity contribution is 5.93. The molecular weight excluding hydrogens is 204 g/mol. The zero-order valence-corrected chi connectivity index (χ0v) is 9.45. The van der Waals surface area contributed by atoms with Crippen LogP contribution in [0.3, 0.4) is 0 Å². The summed E-state index contributed by atoms with van der Waals surface area (Å²) in [5.74, 6) is -0.399. The van der Waals surface area contributed by atoms with Gasteiger partial charge >= 0.3 is 5.97 Å². The largest absolute Gasteiger partial charge is 0.496 e. The van der Waals surface area contributed by atoms with E-state index in [-0.39, 0.29) is 0 Å². The smallest absolute Gasteiger partial charge is 0.339 e. The number of methoxy groups -OCH3 is 1. The van der Waals surface area contributed by atoms with Gasteiger partial charge in [0.05, 0.1) is 7.11 Å². The Bertz CT molecular complexity index is 410. The number of fused-ring (bicyclic) bond motifs is 1. The van der Waals surface area contributed by atoms with Gasteiger partial charge in [0, 0.05) is 0 Å². The molecule has 0 bridgehead atoms. The van der Waals surface area contributed by atoms with Crippen molar-refractivity contribution in [2.75, 3.05) is 7.11 Å². The summed E-state index contributed by atoms with van der Waals surface area (Å²) in [5, 5.41) is 9.26. The third-order valence-electron chi connectivity index (χ3n) is 3.18. The molecule has 2 rings (SSSR count). The van der Waals surface area contributed by atoms with Crippen LogP contribution in [0.15, 0.2) is 12.1 Å². The van der Waals surface area contributed by atoms with Gasteiger partial charge in [-0.2, -0.15) is 0 Å². The number of carboxylic acid groups (broad SMARTS) is 1. The van der Waals surface area contributed by atoms with Crippen molar-refractivity contribution in [1.82, 2.24) is 0 Å². The number of hydrogen-bond donors (Lipinski definition) is 1. The monoisotopic (exact) mass is 220 g/mol. The molecule has 1 N–H and O–H groups in total. The first kappa shape index (κ1) is 11.0. The van der Waals surface area contributed by atoms with E-state index >= 15 is 0 Å². The lowest BCUT2D eigenvalue weighted by molar-refractivity contribution is 0.0692. The van der Waals surface area contributed by atoms with Crippen molar-refractivity contribution in [2.24, 2.45) is 0 Å². The van der Waals surface area contributed by atoms with Crippen LogP contribution < -0.4 is 4.74 Å². The highest BCUT2D eigenvalue weighted by Crippen LogP contribution is 2.30. The topological polar surface area (TPSA) is 46.5 Å². The molecule has 0 spiro atoms. The van der Waals surface area contributed by atoms with Crippen molar-refractivity contribution >= 4 is 5.97 Å². The van der Waals surface area contributed by atoms with Crippen molar-refractivity contribution in [1.29, 1.82) is 0 Å². The Labute approximate surface area is 95.0 Å². The maximum absolute atomic E-state index is 11.3. The van der Waals surface area contributed by atoms with Gasteiger partial charge in [-0.1, -0.05) is 12.5 Å². The first-order valence-corrected chi connectivity index (χ1v) is 5.66. The maximum atomic E-state index is 11.3. The normalized spacial score (nSPS) is 15.1. The summed E-state index contributed by atoms with van der Waals surface area (Å²) >= 11 is 0. The lowest BCUT2D eigenvalue weighted by Gasteiger charge is -2.13. The van der Waals surface area contributed by atoms with Gasteiger partial charge in [0.1, 0.15) is 11.3 Å². The summed E-state index contributed by atoms with van der Waals surface area (Å²) in [5.41, 5.74) is 2.52. The zero-order valence-electron chi connectivity index (χ0n) is 9.45. The first-order valence-electron chi connectivity index (χ1n) is 5.66. The first-order chi connectivity index (χ1) is 7.74. The predicted octanol–water partition coefficient (Wildman–Crippen LogP) is 2.66. The van der Waals surface area contributed by atoms with E-state index in [0.29, 0.717) is 11.3 Å². The van der Waals surface area contributed by atoms with E-state index < -0.39 is 5.97 Å². The SMILES string of the molecule is COc1ccc2c(c1C(=O)O)CCCCC2. The van der Waals surface area contributed by atoms with Crippen molar-refractivity contribution in [3.05, 3.63) is 28.8 Å². The molecule has 0 amide bonds. The van der Waals surface area contributed by atoms with E-state index in [2.05, 4.69) is 0 Å². The van der Waals surface area contributed by atoms with Gasteiger partial charge in [-0.3, -0.25) is 0 Å². The fourth-order valence-electron chi connectivity index (χ4n) is 2.39. The molecule has 86 valence electrons. The van der Waals surface area contributed by atoms with Crippen molar-refractivity contribution < 1.29 is 14.6 Å². The van der Waals surface area contributed by atoms with E-state index in [1.807, 2.05) is 6.07 Å². The molecule has 0 aliphatic heterocycles. The lowest BCUT2D eigenvalue weighted by atomic mass is 9.96. The second-order valence-corrected chi connectivity index (χ2v) is 4.15. The number of aryl methyl sites for hydroxylation is 1. The molecule has 1 aromatic carbocycles. The molecule has 0 atom stereocenters. The molecule has 1 aliphatic rings. The Morgan fingerprint density at radius 2 is 2.00 bits per heavy atom. The fraction of sp³-hybridized carbons (Fsp3) is 0.462. The highest BCUT2D eigenvalue weighted by Gasteiger charge is 2.20. The standard InChI is InChI=1S/C13H16O3/c1-16-11-8-7-9-5-3-2-4-6-10(9)12(11)13(14)15/h7-8H,2-6H2,1H3,(H,14,15). The van der Waals surface area contributed by atoms with Crippen LogP contribution in [0.2, 0.25) is 0 Å². The molecule has 1 aliphatic carbocycles. The molecule has 0 saturated carbocycles. The maximum Gasteiger partial charge on any atom is 0.339 e. The summed E-state index contributed by atoms with van der Waals surface area (Å²) in [6.45, 7) is 0. The lowest BCUT2D eigenvalue weighted by Crippen LogP contribution is -2.07. The molecule has 0 radical (unpaired) electrons. The summed E-state index contributed by atoms with van der Waals surface area (Å²) in [6, 6.07) is 3.78. The molecule has 3 nitrogen and oxygen atoms in total. The van der Waals surface area contributed by atoms with Gasteiger partial charge in [0.25, 0.3) is 0 Å². The van der Waals surface area contributed by atoms with Crippen LogP contribution in [0.5, 0.6) is 5.75 Å². The van der Waals surface area contributed by atoms with Crippen LogP contribution in [-0.2, 0) is 12.8 Å². The van der Waals surface area contributed by atoms with Crippen molar-refractivity contribution in [2.45, 2.75) is 32.1 Å². The zero-order chi connectivity index (χ0) is 11.5. The van der Waals surface area contributed by atoms with Gasteiger partial charge in [-0.05, 0) is 42.9 Å². The third kappa shape index (κ3) is 1.90. The molecule has 3 heteroatoms. The van der Waals surface area contributed by atoms with Gasteiger partial charge in [0.15, 0.2) is 0 Å². The molecule has 1 aromatic rings. The second-order valence-electron chi connectivity index (χ2n) is 4.15. The highest BCUT2D eigenvalue weighted by atomic mass is 16.5. The van der Waals surface area contributed by atoms with Crippen LogP contribution in [0.1, 0.15) is 40.7 Å². The van der Waals surface area contributed by atoms with Gasteiger partial charge in [-0.25, -0.2) is 4.79 Å². The minimum atomic E-state index is -0.879. The summed E-state index contributed by atoms with van der Waals surface area (Å²) in [7, 11) is 1.52. The molecule has 0 unspecified atom stereocenters. The minimum absolute atomic E-state index is 0.363. The summed E-state index contributed by atoms with van der Waals surface area (Å²) < 4.78 is 5.13. The third-order valence-corrected chi connectivity index (χ3v) is 3.18. The summed E-state index contributed by atoms with van der Waals surface area (Å²) in [6.07, 6.45) is 5.24. The van der Waals surface area contributed by atoms with Crippen molar-refractivity contribution in [3.63, 3.8) is 0 Å². The number of benzene rings is 1. The quantitative estimate of drug-likeness (QED) is 0.779. The number of rotatable bonds is 2. The minimum Gasteiger partial charge on any atom is -0.496 e. The number of carbonyl (C=O) groups is 1. The Balaban J connectivity index is 2.56. The van der Waals surface area contributed by atoms with Crippen LogP contribution in [0.25, 0.3) is 0 Å². The molecule has 0 fully saturated rings. The predicted molar refractivity (Wildman–Crippen MR) is 61.2 cm³/mol. The number of ether oxygens (including phenoxy) is 1. The number of aromatic carboxylic acids is 1. The van der Waals surface area contributed by atoms with E-state index in [0.717, 1.165) is 31.2 Å². The molecule has 0 heterocycles. The summed E-state index contributed by atoms with van der Waals surface area (Å²) in [4.78, 5) is 11.3. The van der Waals surface area contributed by atoms with Crippen LogP contribution in [0.4, 0.5) is 0 Å². The molecule has 0 saturated heterocycles. The van der Waals surface area contributed by atoms with Crippen molar-refractivity contribution in [3.8, 4) is 5.75 Å². The average Bonchev–Trinajstić information content (AvgIpc) is 2.51. The molecule has 0 aromatic heterocycles. The number of hydrogen-bond acceptors (Lipinski definition) is 2. The van der Waals surface area contributed by atoms with E-state index in [4.69, 9.17) is 4.74 Å². The second kappa shape index (κ2) is 4.56. The number of carboxylic acids is 1. The Hall–Kier alpha value is -1.51. The Morgan fingerprint density at radius 3 is 2.69 bits per heavy atom. The fourth-order valence-corrected chi connectivity index (χ4v) is 2.39. The van der Waals surface area contributed by atoms with E-state index in [1.165, 1.54) is 19.1 Å². The van der Waals surface area contributed by atoms with Gasteiger partial charge < -0.3 is 9.84 Å². The van der Waals surface area contributed by atoms with E-state index in [9.17, 15) is 9.90 Å². The molecular formula is C13H16O3. The van der Waals surface area contributed by atoms with Gasteiger partial charge in [-0.15, -0.1) is 0 Å². The Morgan fingerprint density at radius 1 is 1.25 bits per heavy atom. The average molecular weight is 220 g/mol. The van der Waals surface area contributed by atoms with Gasteiger partial charge in [0.2, 0.25) is 0 Å².